The highest BCUT2D eigenvalue weighted by Crippen LogP contribution is 2.32. The first-order valence-electron chi connectivity index (χ1n) is 10.3. The van der Waals surface area contributed by atoms with Crippen LogP contribution in [-0.2, 0) is 4.79 Å². The Morgan fingerprint density at radius 1 is 1.12 bits per heavy atom. The molecule has 1 saturated heterocycles. The Balaban J connectivity index is 1.62. The summed E-state index contributed by atoms with van der Waals surface area (Å²) < 4.78 is 7.72. The van der Waals surface area contributed by atoms with Crippen molar-refractivity contribution in [3.05, 3.63) is 81.0 Å². The van der Waals surface area contributed by atoms with Gasteiger partial charge in [0, 0.05) is 22.1 Å². The second-order valence-electron chi connectivity index (χ2n) is 7.50. The highest BCUT2D eigenvalue weighted by atomic mass is 35.5. The summed E-state index contributed by atoms with van der Waals surface area (Å²) in [6, 6.07) is 15.6. The third kappa shape index (κ3) is 4.61. The van der Waals surface area contributed by atoms with Crippen LogP contribution in [0.3, 0.4) is 0 Å². The Morgan fingerprint density at radius 2 is 1.88 bits per heavy atom. The third-order valence-corrected chi connectivity index (χ3v) is 6.35. The molecule has 4 rings (SSSR count). The van der Waals surface area contributed by atoms with Crippen molar-refractivity contribution in [3.63, 3.8) is 0 Å². The van der Waals surface area contributed by atoms with Crippen molar-refractivity contribution in [2.45, 2.75) is 27.7 Å². The van der Waals surface area contributed by atoms with Crippen molar-refractivity contribution in [1.82, 2.24) is 9.88 Å². The zero-order valence-corrected chi connectivity index (χ0v) is 20.0. The number of amides is 1. The summed E-state index contributed by atoms with van der Waals surface area (Å²) >= 11 is 7.42. The number of carbonyl (C=O) groups is 1. The van der Waals surface area contributed by atoms with Gasteiger partial charge in [0.15, 0.2) is 5.17 Å². The maximum Gasteiger partial charge on any atom is 0.264 e. The molecule has 2 aromatic carbocycles. The minimum Gasteiger partial charge on any atom is -0.494 e. The van der Waals surface area contributed by atoms with Gasteiger partial charge in [-0.3, -0.25) is 4.79 Å². The van der Waals surface area contributed by atoms with Crippen LogP contribution in [0.5, 0.6) is 5.75 Å². The molecule has 5 nitrogen and oxygen atoms in total. The molecule has 0 aliphatic carbocycles. The van der Waals surface area contributed by atoms with Gasteiger partial charge in [-0.2, -0.15) is 0 Å². The number of ether oxygens (including phenoxy) is 1. The number of benzene rings is 2. The first-order chi connectivity index (χ1) is 15.4. The summed E-state index contributed by atoms with van der Waals surface area (Å²) in [6.45, 7) is 8.68. The SMILES string of the molecule is CCOc1ccc(-n2c(C)cc(/C=C3\SC(=Nc4cc(Cl)ccc4C)NC3=O)c2C)cc1. The lowest BCUT2D eigenvalue weighted by Gasteiger charge is -2.11. The smallest absolute Gasteiger partial charge is 0.264 e. The topological polar surface area (TPSA) is 55.6 Å². The molecule has 1 N–H and O–H groups in total. The van der Waals surface area contributed by atoms with Gasteiger partial charge in [-0.05, 0) is 99.1 Å². The monoisotopic (exact) mass is 465 g/mol. The number of nitrogens with zero attached hydrogens (tertiary/aromatic N) is 2. The Bertz CT molecular complexity index is 1240. The van der Waals surface area contributed by atoms with Crippen LogP contribution in [0.25, 0.3) is 11.8 Å². The van der Waals surface area contributed by atoms with E-state index in [-0.39, 0.29) is 5.91 Å². The predicted octanol–water partition coefficient (Wildman–Crippen LogP) is 6.35. The number of nitrogens with one attached hydrogen (secondary N) is 1. The van der Waals surface area contributed by atoms with Crippen LogP contribution in [0, 0.1) is 20.8 Å². The molecule has 0 unspecified atom stereocenters. The number of halogens is 1. The molecule has 0 atom stereocenters. The van der Waals surface area contributed by atoms with Gasteiger partial charge in [0.1, 0.15) is 5.75 Å². The first kappa shape index (κ1) is 22.2. The average Bonchev–Trinajstić information content (AvgIpc) is 3.24. The maximum absolute atomic E-state index is 12.6. The van der Waals surface area contributed by atoms with Crippen LogP contribution in [0.4, 0.5) is 5.69 Å². The Hall–Kier alpha value is -2.96. The number of thioether (sulfide) groups is 1. The fraction of sp³-hybridized carbons (Fsp3) is 0.200. The largest absolute Gasteiger partial charge is 0.494 e. The molecule has 32 heavy (non-hydrogen) atoms. The lowest BCUT2D eigenvalue weighted by atomic mass is 10.2. The lowest BCUT2D eigenvalue weighted by molar-refractivity contribution is -0.115. The molecule has 2 heterocycles. The molecule has 1 aromatic heterocycles. The fourth-order valence-corrected chi connectivity index (χ4v) is 4.62. The Kier molecular flexibility index (Phi) is 6.44. The van der Waals surface area contributed by atoms with Crippen LogP contribution in [-0.4, -0.2) is 22.2 Å². The minimum absolute atomic E-state index is 0.153. The lowest BCUT2D eigenvalue weighted by Crippen LogP contribution is -2.19. The van der Waals surface area contributed by atoms with E-state index < -0.39 is 0 Å². The number of hydrogen-bond donors (Lipinski definition) is 1. The molecule has 1 aliphatic heterocycles. The van der Waals surface area contributed by atoms with Gasteiger partial charge in [0.2, 0.25) is 0 Å². The van der Waals surface area contributed by atoms with Gasteiger partial charge in [-0.25, -0.2) is 4.99 Å². The standard InChI is InChI=1S/C25H24ClN3O2S/c1-5-31-21-10-8-20(9-11-21)29-16(3)12-18(17(29)4)13-23-24(30)28-25(32-23)27-22-14-19(26)7-6-15(22)2/h6-14H,5H2,1-4H3,(H,27,28,30)/b23-13-. The average molecular weight is 466 g/mol. The second-order valence-corrected chi connectivity index (χ2v) is 8.97. The van der Waals surface area contributed by atoms with Crippen molar-refractivity contribution in [2.24, 2.45) is 4.99 Å². The number of amidine groups is 1. The van der Waals surface area contributed by atoms with Crippen molar-refractivity contribution in [2.75, 3.05) is 6.61 Å². The number of rotatable bonds is 5. The van der Waals surface area contributed by atoms with Crippen LogP contribution in [0.2, 0.25) is 5.02 Å². The normalized spacial score (nSPS) is 16.1. The van der Waals surface area contributed by atoms with E-state index in [4.69, 9.17) is 16.3 Å². The van der Waals surface area contributed by atoms with Gasteiger partial charge >= 0.3 is 0 Å². The number of aromatic nitrogens is 1. The highest BCUT2D eigenvalue weighted by molar-refractivity contribution is 8.18. The summed E-state index contributed by atoms with van der Waals surface area (Å²) in [7, 11) is 0. The molecule has 0 spiro atoms. The van der Waals surface area contributed by atoms with E-state index in [1.165, 1.54) is 11.8 Å². The van der Waals surface area contributed by atoms with Gasteiger partial charge in [0.05, 0.1) is 17.2 Å². The number of aliphatic imine (C=N–C) groups is 1. The number of aryl methyl sites for hydroxylation is 2. The number of carbonyl (C=O) groups excluding carboxylic acids is 1. The molecule has 7 heteroatoms. The zero-order chi connectivity index (χ0) is 22.8. The van der Waals surface area contributed by atoms with Crippen LogP contribution in [0.15, 0.2) is 58.4 Å². The quantitative estimate of drug-likeness (QED) is 0.447. The molecule has 1 aliphatic rings. The van der Waals surface area contributed by atoms with Gasteiger partial charge in [-0.15, -0.1) is 0 Å². The molecule has 0 saturated carbocycles. The number of hydrogen-bond acceptors (Lipinski definition) is 4. The van der Waals surface area contributed by atoms with Gasteiger partial charge in [0.25, 0.3) is 5.91 Å². The van der Waals surface area contributed by atoms with Gasteiger partial charge < -0.3 is 14.6 Å². The third-order valence-electron chi connectivity index (χ3n) is 5.21. The van der Waals surface area contributed by atoms with Crippen molar-refractivity contribution >= 4 is 46.2 Å². The fourth-order valence-electron chi connectivity index (χ4n) is 3.62. The van der Waals surface area contributed by atoms with Gasteiger partial charge in [-0.1, -0.05) is 17.7 Å². The first-order valence-corrected chi connectivity index (χ1v) is 11.5. The van der Waals surface area contributed by atoms with Crippen molar-refractivity contribution < 1.29 is 9.53 Å². The van der Waals surface area contributed by atoms with Crippen LogP contribution in [0.1, 0.15) is 29.4 Å². The zero-order valence-electron chi connectivity index (χ0n) is 18.4. The summed E-state index contributed by atoms with van der Waals surface area (Å²) in [6.07, 6.45) is 1.92. The molecule has 1 amide bonds. The Morgan fingerprint density at radius 3 is 2.59 bits per heavy atom. The minimum atomic E-state index is -0.153. The van der Waals surface area contributed by atoms with Crippen LogP contribution >= 0.6 is 23.4 Å². The summed E-state index contributed by atoms with van der Waals surface area (Å²) in [5.41, 5.74) is 5.93. The molecule has 1 fully saturated rings. The van der Waals surface area contributed by atoms with E-state index in [1.807, 2.05) is 56.3 Å². The highest BCUT2D eigenvalue weighted by Gasteiger charge is 2.25. The Labute approximate surface area is 197 Å². The van der Waals surface area contributed by atoms with E-state index in [2.05, 4.69) is 34.8 Å². The summed E-state index contributed by atoms with van der Waals surface area (Å²) in [5.74, 6) is 0.695. The summed E-state index contributed by atoms with van der Waals surface area (Å²) in [4.78, 5) is 17.8. The predicted molar refractivity (Wildman–Crippen MR) is 133 cm³/mol. The molecule has 0 radical (unpaired) electrons. The van der Waals surface area contributed by atoms with E-state index in [1.54, 1.807) is 6.07 Å². The molecule has 3 aromatic rings. The summed E-state index contributed by atoms with van der Waals surface area (Å²) in [5, 5.41) is 4.01. The molecule has 0 bridgehead atoms. The van der Waals surface area contributed by atoms with E-state index in [9.17, 15) is 4.79 Å². The molecular formula is C25H24ClN3O2S. The second kappa shape index (κ2) is 9.27. The van der Waals surface area contributed by atoms with E-state index in [0.717, 1.165) is 39.6 Å². The van der Waals surface area contributed by atoms with E-state index in [0.29, 0.717) is 21.7 Å². The van der Waals surface area contributed by atoms with Crippen LogP contribution < -0.4 is 10.1 Å². The van der Waals surface area contributed by atoms with E-state index >= 15 is 0 Å². The van der Waals surface area contributed by atoms with Crippen molar-refractivity contribution in [1.29, 1.82) is 0 Å². The maximum atomic E-state index is 12.6. The van der Waals surface area contributed by atoms with Crippen molar-refractivity contribution in [3.8, 4) is 11.4 Å². The molecular weight excluding hydrogens is 442 g/mol. The molecule has 164 valence electrons.